The van der Waals surface area contributed by atoms with Gasteiger partial charge in [0.05, 0.1) is 0 Å². The lowest BCUT2D eigenvalue weighted by Crippen LogP contribution is -2.16. The first kappa shape index (κ1) is 9.47. The molecule has 0 amide bonds. The summed E-state index contributed by atoms with van der Waals surface area (Å²) in [6, 6.07) is 0. The zero-order valence-electron chi connectivity index (χ0n) is 7.47. The molecule has 2 aliphatic rings. The van der Waals surface area contributed by atoms with Crippen LogP contribution < -0.4 is 0 Å². The first-order chi connectivity index (χ1) is 7.13. The summed E-state index contributed by atoms with van der Waals surface area (Å²) in [5, 5.41) is 36.7. The molecule has 0 aromatic rings. The van der Waals surface area contributed by atoms with Gasteiger partial charge in [-0.1, -0.05) is 0 Å². The summed E-state index contributed by atoms with van der Waals surface area (Å²) in [6.07, 6.45) is 2.17. The van der Waals surface area contributed by atoms with Gasteiger partial charge in [-0.3, -0.25) is 0 Å². The number of ether oxygens (including phenoxy) is 2. The van der Waals surface area contributed by atoms with E-state index in [1.54, 1.807) is 0 Å². The molecular formula is C9H8O6. The molecule has 15 heavy (non-hydrogen) atoms. The molecule has 0 bridgehead atoms. The number of aliphatic hydroxyl groups excluding tert-OH is 4. The Kier molecular flexibility index (Phi) is 2.05. The van der Waals surface area contributed by atoms with E-state index in [0.717, 1.165) is 6.26 Å². The maximum atomic E-state index is 9.46. The van der Waals surface area contributed by atoms with E-state index < -0.39 is 18.1 Å². The highest BCUT2D eigenvalue weighted by Gasteiger charge is 2.29. The van der Waals surface area contributed by atoms with Crippen molar-refractivity contribution in [2.45, 2.75) is 0 Å². The first-order valence-corrected chi connectivity index (χ1v) is 4.05. The normalized spacial score (nSPS) is 20.1. The lowest BCUT2D eigenvalue weighted by atomic mass is 10.2. The third-order valence-corrected chi connectivity index (χ3v) is 1.88. The standard InChI is InChI=1S/C9H8O6/c10-2-6-7(12)8(13)9-5(15-6)1-4(11)3-14-9/h1,3,10-13H,2H2. The Balaban J connectivity index is 2.47. The van der Waals surface area contributed by atoms with Crippen LogP contribution in [-0.4, -0.2) is 27.0 Å². The smallest absolute Gasteiger partial charge is 0.214 e. The Morgan fingerprint density at radius 1 is 1.13 bits per heavy atom. The molecule has 0 unspecified atom stereocenters. The summed E-state index contributed by atoms with van der Waals surface area (Å²) in [5.41, 5.74) is 0. The molecule has 0 aliphatic carbocycles. The topological polar surface area (TPSA) is 99.4 Å². The van der Waals surface area contributed by atoms with Crippen LogP contribution >= 0.6 is 0 Å². The monoisotopic (exact) mass is 212 g/mol. The number of hydrogen-bond donors (Lipinski definition) is 4. The summed E-state index contributed by atoms with van der Waals surface area (Å²) < 4.78 is 9.81. The lowest BCUT2D eigenvalue weighted by Gasteiger charge is -2.22. The predicted octanol–water partition coefficient (Wildman–Crippen LogP) is 0.862. The molecule has 0 spiro atoms. The van der Waals surface area contributed by atoms with Crippen LogP contribution in [0.3, 0.4) is 0 Å². The Morgan fingerprint density at radius 2 is 1.87 bits per heavy atom. The lowest BCUT2D eigenvalue weighted by molar-refractivity contribution is 0.140. The molecule has 0 atom stereocenters. The van der Waals surface area contributed by atoms with Crippen molar-refractivity contribution in [3.8, 4) is 0 Å². The van der Waals surface area contributed by atoms with Gasteiger partial charge in [-0.15, -0.1) is 0 Å². The highest BCUT2D eigenvalue weighted by molar-refractivity contribution is 5.42. The molecule has 6 heteroatoms. The zero-order chi connectivity index (χ0) is 11.0. The minimum absolute atomic E-state index is 0.0225. The fraction of sp³-hybridized carbons (Fsp3) is 0.111. The summed E-state index contributed by atoms with van der Waals surface area (Å²) in [7, 11) is 0. The molecule has 2 rings (SSSR count). The molecule has 80 valence electrons. The molecular weight excluding hydrogens is 204 g/mol. The summed E-state index contributed by atoms with van der Waals surface area (Å²) in [6.45, 7) is -0.578. The second-order valence-corrected chi connectivity index (χ2v) is 2.88. The van der Waals surface area contributed by atoms with Crippen molar-refractivity contribution in [2.75, 3.05) is 6.61 Å². The van der Waals surface area contributed by atoms with E-state index in [0.29, 0.717) is 0 Å². The Labute approximate surface area is 84.3 Å². The molecule has 0 saturated heterocycles. The van der Waals surface area contributed by atoms with Crippen LogP contribution in [0, 0.1) is 0 Å². The van der Waals surface area contributed by atoms with Crippen molar-refractivity contribution >= 4 is 0 Å². The number of rotatable bonds is 1. The van der Waals surface area contributed by atoms with Crippen molar-refractivity contribution < 1.29 is 29.9 Å². The quantitative estimate of drug-likeness (QED) is 0.514. The van der Waals surface area contributed by atoms with Gasteiger partial charge in [-0.05, 0) is 0 Å². The summed E-state index contributed by atoms with van der Waals surface area (Å²) in [4.78, 5) is 0. The number of allylic oxidation sites excluding steroid dienone is 1. The molecule has 0 aromatic carbocycles. The van der Waals surface area contributed by atoms with Crippen LogP contribution in [0.25, 0.3) is 0 Å². The minimum atomic E-state index is -0.584. The van der Waals surface area contributed by atoms with Crippen LogP contribution in [-0.2, 0) is 9.47 Å². The molecule has 0 aromatic heterocycles. The van der Waals surface area contributed by atoms with Gasteiger partial charge in [0.15, 0.2) is 17.3 Å². The van der Waals surface area contributed by atoms with Crippen molar-refractivity contribution in [3.05, 3.63) is 46.9 Å². The molecule has 2 heterocycles. The van der Waals surface area contributed by atoms with Gasteiger partial charge in [-0.2, -0.15) is 0 Å². The van der Waals surface area contributed by atoms with Crippen LogP contribution in [0.5, 0.6) is 0 Å². The second kappa shape index (κ2) is 3.25. The van der Waals surface area contributed by atoms with Gasteiger partial charge in [0.25, 0.3) is 0 Å². The van der Waals surface area contributed by atoms with E-state index in [9.17, 15) is 10.2 Å². The predicted molar refractivity (Wildman–Crippen MR) is 47.4 cm³/mol. The molecule has 6 nitrogen and oxygen atoms in total. The largest absolute Gasteiger partial charge is 0.505 e. The number of aliphatic hydroxyl groups is 4. The van der Waals surface area contributed by atoms with E-state index in [4.69, 9.17) is 19.7 Å². The van der Waals surface area contributed by atoms with Crippen LogP contribution in [0.4, 0.5) is 0 Å². The van der Waals surface area contributed by atoms with E-state index in [1.807, 2.05) is 0 Å². The van der Waals surface area contributed by atoms with E-state index >= 15 is 0 Å². The van der Waals surface area contributed by atoms with Gasteiger partial charge in [0, 0.05) is 6.08 Å². The average molecular weight is 212 g/mol. The summed E-state index contributed by atoms with van der Waals surface area (Å²) >= 11 is 0. The maximum Gasteiger partial charge on any atom is 0.214 e. The first-order valence-electron chi connectivity index (χ1n) is 4.05. The van der Waals surface area contributed by atoms with Crippen LogP contribution in [0.15, 0.2) is 46.9 Å². The van der Waals surface area contributed by atoms with Crippen LogP contribution in [0.2, 0.25) is 0 Å². The van der Waals surface area contributed by atoms with Gasteiger partial charge in [0.1, 0.15) is 12.9 Å². The zero-order valence-corrected chi connectivity index (χ0v) is 7.47. The van der Waals surface area contributed by atoms with Crippen molar-refractivity contribution in [3.63, 3.8) is 0 Å². The number of hydrogen-bond acceptors (Lipinski definition) is 6. The molecule has 0 radical (unpaired) electrons. The Bertz CT molecular complexity index is 426. The van der Waals surface area contributed by atoms with Crippen molar-refractivity contribution in [2.24, 2.45) is 0 Å². The Morgan fingerprint density at radius 3 is 2.53 bits per heavy atom. The fourth-order valence-electron chi connectivity index (χ4n) is 1.19. The number of fused-ring (bicyclic) bond motifs is 1. The summed E-state index contributed by atoms with van der Waals surface area (Å²) in [5.74, 6) is -1.61. The van der Waals surface area contributed by atoms with Crippen LogP contribution in [0.1, 0.15) is 0 Å². The van der Waals surface area contributed by atoms with Gasteiger partial charge < -0.3 is 29.9 Å². The fourth-order valence-corrected chi connectivity index (χ4v) is 1.19. The molecule has 2 aliphatic heterocycles. The maximum absolute atomic E-state index is 9.46. The third-order valence-electron chi connectivity index (χ3n) is 1.88. The van der Waals surface area contributed by atoms with Gasteiger partial charge in [-0.25, -0.2) is 0 Å². The Hall–Kier alpha value is -2.08. The van der Waals surface area contributed by atoms with E-state index in [2.05, 4.69) is 0 Å². The second-order valence-electron chi connectivity index (χ2n) is 2.88. The molecule has 0 saturated carbocycles. The SMILES string of the molecule is OCC1=C(O)C(O)=C2OC=C(O)C=C2O1. The van der Waals surface area contributed by atoms with Crippen molar-refractivity contribution in [1.29, 1.82) is 0 Å². The van der Waals surface area contributed by atoms with Gasteiger partial charge >= 0.3 is 0 Å². The minimum Gasteiger partial charge on any atom is -0.505 e. The molecule has 4 N–H and O–H groups in total. The van der Waals surface area contributed by atoms with E-state index in [-0.39, 0.29) is 23.0 Å². The highest BCUT2D eigenvalue weighted by atomic mass is 16.6. The molecule has 0 fully saturated rings. The van der Waals surface area contributed by atoms with E-state index in [1.165, 1.54) is 6.08 Å². The highest BCUT2D eigenvalue weighted by Crippen LogP contribution is 2.32. The third kappa shape index (κ3) is 1.40. The van der Waals surface area contributed by atoms with Crippen molar-refractivity contribution in [1.82, 2.24) is 0 Å². The average Bonchev–Trinajstić information content (AvgIpc) is 2.23. The van der Waals surface area contributed by atoms with Gasteiger partial charge in [0.2, 0.25) is 17.3 Å².